The smallest absolute Gasteiger partial charge is 0.306 e. The van der Waals surface area contributed by atoms with Crippen LogP contribution in [0.1, 0.15) is 17.5 Å². The number of ether oxygens (including phenoxy) is 1. The van der Waals surface area contributed by atoms with E-state index in [1.54, 1.807) is 24.3 Å². The Morgan fingerprint density at radius 2 is 1.81 bits per heavy atom. The molecule has 0 bridgehead atoms. The molecule has 0 saturated heterocycles. The molecule has 21 heavy (non-hydrogen) atoms. The van der Waals surface area contributed by atoms with Crippen molar-refractivity contribution >= 4 is 27.6 Å². The molecule has 110 valence electrons. The van der Waals surface area contributed by atoms with Crippen molar-refractivity contribution in [3.8, 4) is 0 Å². The molecule has 0 saturated carbocycles. The summed E-state index contributed by atoms with van der Waals surface area (Å²) in [7, 11) is 0. The fraction of sp³-hybridized carbons (Fsp3) is 0.188. The first-order valence-electron chi connectivity index (χ1n) is 6.48. The Labute approximate surface area is 131 Å². The molecule has 2 aromatic rings. The minimum absolute atomic E-state index is 0.138. The first-order chi connectivity index (χ1) is 10.0. The van der Waals surface area contributed by atoms with E-state index in [9.17, 15) is 9.18 Å². The van der Waals surface area contributed by atoms with Gasteiger partial charge in [0, 0.05) is 12.1 Å². The Kier molecular flexibility index (Phi) is 5.33. The van der Waals surface area contributed by atoms with Crippen LogP contribution in [0.4, 0.5) is 10.1 Å². The summed E-state index contributed by atoms with van der Waals surface area (Å²) in [6.45, 7) is 0.138. The second-order valence-electron chi connectivity index (χ2n) is 4.65. The third-order valence-corrected chi connectivity index (χ3v) is 3.59. The van der Waals surface area contributed by atoms with Gasteiger partial charge in [-0.15, -0.1) is 0 Å². The van der Waals surface area contributed by atoms with Crippen molar-refractivity contribution in [1.29, 1.82) is 0 Å². The highest BCUT2D eigenvalue weighted by molar-refractivity contribution is 9.10. The fourth-order valence-corrected chi connectivity index (χ4v) is 2.22. The van der Waals surface area contributed by atoms with Crippen LogP contribution in [0.15, 0.2) is 46.9 Å². The lowest BCUT2D eigenvalue weighted by molar-refractivity contribution is -0.144. The molecule has 0 aliphatic carbocycles. The first kappa shape index (κ1) is 15.5. The Bertz CT molecular complexity index is 629. The molecule has 3 nitrogen and oxygen atoms in total. The van der Waals surface area contributed by atoms with Crippen LogP contribution in [0, 0.1) is 5.82 Å². The average Bonchev–Trinajstić information content (AvgIpc) is 2.48. The van der Waals surface area contributed by atoms with Crippen LogP contribution in [0.2, 0.25) is 0 Å². The summed E-state index contributed by atoms with van der Waals surface area (Å²) in [6.07, 6.45) is 0.901. The number of esters is 1. The minimum atomic E-state index is -0.339. The van der Waals surface area contributed by atoms with Gasteiger partial charge >= 0.3 is 5.97 Å². The van der Waals surface area contributed by atoms with E-state index in [0.29, 0.717) is 23.0 Å². The largest absolute Gasteiger partial charge is 0.461 e. The predicted octanol–water partition coefficient (Wildman–Crippen LogP) is 3.85. The van der Waals surface area contributed by atoms with E-state index in [2.05, 4.69) is 15.9 Å². The maximum absolute atomic E-state index is 13.1. The Balaban J connectivity index is 1.79. The Morgan fingerprint density at radius 3 is 2.48 bits per heavy atom. The second-order valence-corrected chi connectivity index (χ2v) is 5.51. The molecule has 2 aromatic carbocycles. The van der Waals surface area contributed by atoms with Gasteiger partial charge in [0.15, 0.2) is 0 Å². The molecule has 0 fully saturated rings. The van der Waals surface area contributed by atoms with Gasteiger partial charge < -0.3 is 10.5 Å². The highest BCUT2D eigenvalue weighted by atomic mass is 79.9. The van der Waals surface area contributed by atoms with Crippen LogP contribution in [-0.2, 0) is 22.6 Å². The summed E-state index contributed by atoms with van der Waals surface area (Å²) >= 11 is 3.09. The zero-order valence-corrected chi connectivity index (χ0v) is 12.9. The summed E-state index contributed by atoms with van der Waals surface area (Å²) in [4.78, 5) is 11.7. The number of aryl methyl sites for hydroxylation is 1. The van der Waals surface area contributed by atoms with Gasteiger partial charge in [0.05, 0.1) is 4.47 Å². The summed E-state index contributed by atoms with van der Waals surface area (Å²) in [6, 6.07) is 11.9. The summed E-state index contributed by atoms with van der Waals surface area (Å²) in [5.74, 6) is -0.624. The van der Waals surface area contributed by atoms with Crippen molar-refractivity contribution in [3.05, 3.63) is 63.9 Å². The predicted molar refractivity (Wildman–Crippen MR) is 83.1 cm³/mol. The van der Waals surface area contributed by atoms with Crippen LogP contribution in [0.3, 0.4) is 0 Å². The summed E-state index contributed by atoms with van der Waals surface area (Å²) in [5, 5.41) is 0. The molecule has 0 aromatic heterocycles. The quantitative estimate of drug-likeness (QED) is 0.657. The Hall–Kier alpha value is -1.88. The molecular formula is C16H15BrFNO2. The molecule has 5 heteroatoms. The van der Waals surface area contributed by atoms with E-state index in [0.717, 1.165) is 11.1 Å². The van der Waals surface area contributed by atoms with Gasteiger partial charge in [-0.25, -0.2) is 4.39 Å². The van der Waals surface area contributed by atoms with Gasteiger partial charge in [-0.3, -0.25) is 4.79 Å². The molecular weight excluding hydrogens is 337 g/mol. The van der Waals surface area contributed by atoms with Crippen LogP contribution in [-0.4, -0.2) is 5.97 Å². The van der Waals surface area contributed by atoms with Gasteiger partial charge in [0.2, 0.25) is 0 Å². The lowest BCUT2D eigenvalue weighted by atomic mass is 10.1. The van der Waals surface area contributed by atoms with Crippen molar-refractivity contribution in [2.45, 2.75) is 19.4 Å². The number of carbonyl (C=O) groups excluding carboxylic acids is 1. The highest BCUT2D eigenvalue weighted by Crippen LogP contribution is 2.17. The maximum Gasteiger partial charge on any atom is 0.306 e. The second kappa shape index (κ2) is 7.22. The van der Waals surface area contributed by atoms with Gasteiger partial charge in [0.1, 0.15) is 12.4 Å². The van der Waals surface area contributed by atoms with Gasteiger partial charge in [0.25, 0.3) is 0 Å². The normalized spacial score (nSPS) is 10.4. The fourth-order valence-electron chi connectivity index (χ4n) is 1.80. The molecule has 0 heterocycles. The standard InChI is InChI=1S/C16H15BrFNO2/c17-14-9-12(3-7-15(14)18)10-21-16(20)8-4-11-1-5-13(19)6-2-11/h1-3,5-7,9H,4,8,10,19H2. The van der Waals surface area contributed by atoms with E-state index in [1.165, 1.54) is 6.07 Å². The van der Waals surface area contributed by atoms with Crippen LogP contribution < -0.4 is 5.73 Å². The topological polar surface area (TPSA) is 52.3 Å². The molecule has 0 unspecified atom stereocenters. The molecule has 0 atom stereocenters. The SMILES string of the molecule is Nc1ccc(CCC(=O)OCc2ccc(F)c(Br)c2)cc1. The highest BCUT2D eigenvalue weighted by Gasteiger charge is 2.06. The number of carbonyl (C=O) groups is 1. The Morgan fingerprint density at radius 1 is 1.14 bits per heavy atom. The number of anilines is 1. The number of nitrogen functional groups attached to an aromatic ring is 1. The van der Waals surface area contributed by atoms with E-state index in [4.69, 9.17) is 10.5 Å². The summed E-state index contributed by atoms with van der Waals surface area (Å²) in [5.41, 5.74) is 8.07. The molecule has 0 amide bonds. The van der Waals surface area contributed by atoms with Crippen molar-refractivity contribution in [1.82, 2.24) is 0 Å². The number of hydrogen-bond acceptors (Lipinski definition) is 3. The number of rotatable bonds is 5. The van der Waals surface area contributed by atoms with Crippen LogP contribution in [0.25, 0.3) is 0 Å². The number of halogens is 2. The summed E-state index contributed by atoms with van der Waals surface area (Å²) < 4.78 is 18.6. The van der Waals surface area contributed by atoms with Crippen molar-refractivity contribution in [2.24, 2.45) is 0 Å². The van der Waals surface area contributed by atoms with Crippen molar-refractivity contribution in [3.63, 3.8) is 0 Å². The van der Waals surface area contributed by atoms with Gasteiger partial charge in [-0.05, 0) is 57.7 Å². The monoisotopic (exact) mass is 351 g/mol. The molecule has 0 spiro atoms. The van der Waals surface area contributed by atoms with Crippen LogP contribution >= 0.6 is 15.9 Å². The minimum Gasteiger partial charge on any atom is -0.461 e. The zero-order valence-electron chi connectivity index (χ0n) is 11.3. The molecule has 2 rings (SSSR count). The van der Waals surface area contributed by atoms with Gasteiger partial charge in [-0.2, -0.15) is 0 Å². The van der Waals surface area contributed by atoms with E-state index >= 15 is 0 Å². The number of nitrogens with two attached hydrogens (primary N) is 1. The first-order valence-corrected chi connectivity index (χ1v) is 7.28. The van der Waals surface area contributed by atoms with Gasteiger partial charge in [-0.1, -0.05) is 18.2 Å². The zero-order chi connectivity index (χ0) is 15.2. The van der Waals surface area contributed by atoms with E-state index < -0.39 is 0 Å². The van der Waals surface area contributed by atoms with Crippen molar-refractivity contribution < 1.29 is 13.9 Å². The van der Waals surface area contributed by atoms with Crippen LogP contribution in [0.5, 0.6) is 0 Å². The third kappa shape index (κ3) is 4.86. The lowest BCUT2D eigenvalue weighted by Crippen LogP contribution is -2.06. The maximum atomic E-state index is 13.1. The molecule has 0 aliphatic heterocycles. The molecule has 0 aliphatic rings. The number of hydrogen-bond donors (Lipinski definition) is 1. The van der Waals surface area contributed by atoms with E-state index in [1.807, 2.05) is 12.1 Å². The number of benzene rings is 2. The average molecular weight is 352 g/mol. The third-order valence-electron chi connectivity index (χ3n) is 2.98. The lowest BCUT2D eigenvalue weighted by Gasteiger charge is -2.06. The molecule has 2 N–H and O–H groups in total. The van der Waals surface area contributed by atoms with Crippen molar-refractivity contribution in [2.75, 3.05) is 5.73 Å². The molecule has 0 radical (unpaired) electrons. The van der Waals surface area contributed by atoms with E-state index in [-0.39, 0.29) is 18.4 Å².